The number of ether oxygens (including phenoxy) is 1. The highest BCUT2D eigenvalue weighted by molar-refractivity contribution is 5.99. The summed E-state index contributed by atoms with van der Waals surface area (Å²) in [6, 6.07) is 9.04. The van der Waals surface area contributed by atoms with Crippen LogP contribution in [0.2, 0.25) is 0 Å². The molecule has 0 fully saturated rings. The Morgan fingerprint density at radius 3 is 2.65 bits per heavy atom. The van der Waals surface area contributed by atoms with Crippen molar-refractivity contribution in [3.63, 3.8) is 0 Å². The van der Waals surface area contributed by atoms with E-state index in [1.807, 2.05) is 30.7 Å². The standard InChI is InChI=1S/C15H19N3O2/c1-10-4-5-11(18(10)2)9-17-15(19)13-7-6-12(20-3)8-14(13)16/h4-8H,9,16H2,1-3H3,(H,17,19). The predicted molar refractivity (Wildman–Crippen MR) is 78.7 cm³/mol. The molecule has 0 spiro atoms. The molecule has 1 amide bonds. The number of benzene rings is 1. The number of hydrogen-bond donors (Lipinski definition) is 2. The molecular weight excluding hydrogens is 254 g/mol. The van der Waals surface area contributed by atoms with Crippen LogP contribution in [0.25, 0.3) is 0 Å². The van der Waals surface area contributed by atoms with Crippen molar-refractivity contribution in [1.29, 1.82) is 0 Å². The monoisotopic (exact) mass is 273 g/mol. The molecule has 2 aromatic rings. The zero-order valence-corrected chi connectivity index (χ0v) is 11.9. The van der Waals surface area contributed by atoms with Crippen LogP contribution in [0.1, 0.15) is 21.7 Å². The lowest BCUT2D eigenvalue weighted by molar-refractivity contribution is 0.0951. The molecule has 106 valence electrons. The van der Waals surface area contributed by atoms with Gasteiger partial charge in [-0.15, -0.1) is 0 Å². The number of carbonyl (C=O) groups excluding carboxylic acids is 1. The van der Waals surface area contributed by atoms with Gasteiger partial charge >= 0.3 is 0 Å². The Hall–Kier alpha value is -2.43. The topological polar surface area (TPSA) is 69.3 Å². The first-order valence-electron chi connectivity index (χ1n) is 6.36. The molecule has 0 aliphatic carbocycles. The highest BCUT2D eigenvalue weighted by Gasteiger charge is 2.11. The Labute approximate surface area is 118 Å². The molecule has 0 aliphatic heterocycles. The van der Waals surface area contributed by atoms with Gasteiger partial charge in [0.25, 0.3) is 5.91 Å². The Morgan fingerprint density at radius 2 is 2.10 bits per heavy atom. The van der Waals surface area contributed by atoms with E-state index in [2.05, 4.69) is 5.32 Å². The lowest BCUT2D eigenvalue weighted by Crippen LogP contribution is -2.24. The fraction of sp³-hybridized carbons (Fsp3) is 0.267. The van der Waals surface area contributed by atoms with Crippen LogP contribution < -0.4 is 15.8 Å². The van der Waals surface area contributed by atoms with Gasteiger partial charge < -0.3 is 20.4 Å². The second kappa shape index (κ2) is 5.69. The molecule has 1 heterocycles. The summed E-state index contributed by atoms with van der Waals surface area (Å²) in [6.07, 6.45) is 0. The molecule has 0 radical (unpaired) electrons. The summed E-state index contributed by atoms with van der Waals surface area (Å²) < 4.78 is 7.10. The fourth-order valence-corrected chi connectivity index (χ4v) is 1.99. The van der Waals surface area contributed by atoms with E-state index >= 15 is 0 Å². The van der Waals surface area contributed by atoms with Gasteiger partial charge in [0.05, 0.1) is 19.2 Å². The van der Waals surface area contributed by atoms with Gasteiger partial charge in [0.1, 0.15) is 5.75 Å². The van der Waals surface area contributed by atoms with Crippen LogP contribution in [-0.4, -0.2) is 17.6 Å². The minimum absolute atomic E-state index is 0.191. The number of anilines is 1. The summed E-state index contributed by atoms with van der Waals surface area (Å²) >= 11 is 0. The number of rotatable bonds is 4. The average molecular weight is 273 g/mol. The van der Waals surface area contributed by atoms with Crippen LogP contribution in [0.4, 0.5) is 5.69 Å². The van der Waals surface area contributed by atoms with Crippen molar-refractivity contribution in [3.05, 3.63) is 47.3 Å². The molecular formula is C15H19N3O2. The zero-order valence-electron chi connectivity index (χ0n) is 11.9. The van der Waals surface area contributed by atoms with Gasteiger partial charge in [0.15, 0.2) is 0 Å². The second-order valence-electron chi connectivity index (χ2n) is 4.66. The van der Waals surface area contributed by atoms with Crippen molar-refractivity contribution >= 4 is 11.6 Å². The Balaban J connectivity index is 2.07. The number of nitrogens with zero attached hydrogens (tertiary/aromatic N) is 1. The number of methoxy groups -OCH3 is 1. The van der Waals surface area contributed by atoms with E-state index in [-0.39, 0.29) is 5.91 Å². The summed E-state index contributed by atoms with van der Waals surface area (Å²) in [4.78, 5) is 12.1. The molecule has 2 rings (SSSR count). The highest BCUT2D eigenvalue weighted by atomic mass is 16.5. The fourth-order valence-electron chi connectivity index (χ4n) is 1.99. The largest absolute Gasteiger partial charge is 0.497 e. The average Bonchev–Trinajstić information content (AvgIpc) is 2.76. The molecule has 1 aromatic carbocycles. The van der Waals surface area contributed by atoms with Crippen LogP contribution >= 0.6 is 0 Å². The minimum Gasteiger partial charge on any atom is -0.497 e. The number of amides is 1. The SMILES string of the molecule is COc1ccc(C(=O)NCc2ccc(C)n2C)c(N)c1. The van der Waals surface area contributed by atoms with Crippen LogP contribution in [0, 0.1) is 6.92 Å². The van der Waals surface area contributed by atoms with Gasteiger partial charge in [-0.1, -0.05) is 0 Å². The third-order valence-electron chi connectivity index (χ3n) is 3.41. The first-order chi connectivity index (χ1) is 9.52. The molecule has 3 N–H and O–H groups in total. The summed E-state index contributed by atoms with van der Waals surface area (Å²) in [5.74, 6) is 0.445. The highest BCUT2D eigenvalue weighted by Crippen LogP contribution is 2.19. The van der Waals surface area contributed by atoms with E-state index in [0.29, 0.717) is 23.5 Å². The van der Waals surface area contributed by atoms with E-state index in [9.17, 15) is 4.79 Å². The number of aryl methyl sites for hydroxylation is 1. The third kappa shape index (κ3) is 2.77. The molecule has 0 atom stereocenters. The summed E-state index contributed by atoms with van der Waals surface area (Å²) in [5, 5.41) is 2.87. The van der Waals surface area contributed by atoms with E-state index in [4.69, 9.17) is 10.5 Å². The first kappa shape index (κ1) is 14.0. The predicted octanol–water partition coefficient (Wildman–Crippen LogP) is 1.85. The molecule has 0 unspecified atom stereocenters. The number of nitrogens with two attached hydrogens (primary N) is 1. The maximum absolute atomic E-state index is 12.1. The molecule has 5 heteroatoms. The second-order valence-corrected chi connectivity index (χ2v) is 4.66. The Kier molecular flexibility index (Phi) is 3.98. The number of aromatic nitrogens is 1. The summed E-state index contributed by atoms with van der Waals surface area (Å²) in [6.45, 7) is 2.49. The van der Waals surface area contributed by atoms with E-state index in [1.165, 1.54) is 0 Å². The number of nitrogen functional groups attached to an aromatic ring is 1. The van der Waals surface area contributed by atoms with Crippen molar-refractivity contribution in [2.24, 2.45) is 7.05 Å². The van der Waals surface area contributed by atoms with E-state index in [0.717, 1.165) is 11.4 Å². The summed E-state index contributed by atoms with van der Waals surface area (Å²) in [5.41, 5.74) is 8.91. The van der Waals surface area contributed by atoms with Gasteiger partial charge in [0, 0.05) is 30.2 Å². The Bertz CT molecular complexity index is 632. The van der Waals surface area contributed by atoms with Crippen molar-refractivity contribution in [1.82, 2.24) is 9.88 Å². The number of hydrogen-bond acceptors (Lipinski definition) is 3. The van der Waals surface area contributed by atoms with Gasteiger partial charge in [-0.2, -0.15) is 0 Å². The van der Waals surface area contributed by atoms with Crippen LogP contribution in [0.5, 0.6) is 5.75 Å². The maximum Gasteiger partial charge on any atom is 0.253 e. The maximum atomic E-state index is 12.1. The number of nitrogens with one attached hydrogen (secondary N) is 1. The quantitative estimate of drug-likeness (QED) is 0.835. The van der Waals surface area contributed by atoms with Crippen molar-refractivity contribution in [2.45, 2.75) is 13.5 Å². The molecule has 5 nitrogen and oxygen atoms in total. The van der Waals surface area contributed by atoms with Crippen LogP contribution in [0.3, 0.4) is 0 Å². The normalized spacial score (nSPS) is 10.3. The van der Waals surface area contributed by atoms with Crippen LogP contribution in [-0.2, 0) is 13.6 Å². The Morgan fingerprint density at radius 1 is 1.35 bits per heavy atom. The van der Waals surface area contributed by atoms with Crippen LogP contribution in [0.15, 0.2) is 30.3 Å². The number of carbonyl (C=O) groups is 1. The zero-order chi connectivity index (χ0) is 14.7. The molecule has 0 bridgehead atoms. The molecule has 0 aliphatic rings. The van der Waals surface area contributed by atoms with Crippen molar-refractivity contribution < 1.29 is 9.53 Å². The third-order valence-corrected chi connectivity index (χ3v) is 3.41. The minimum atomic E-state index is -0.191. The van der Waals surface area contributed by atoms with Crippen molar-refractivity contribution in [2.75, 3.05) is 12.8 Å². The van der Waals surface area contributed by atoms with E-state index < -0.39 is 0 Å². The lowest BCUT2D eigenvalue weighted by atomic mass is 10.1. The van der Waals surface area contributed by atoms with Gasteiger partial charge in [-0.25, -0.2) is 0 Å². The molecule has 0 saturated heterocycles. The lowest BCUT2D eigenvalue weighted by Gasteiger charge is -2.10. The molecule has 1 aromatic heterocycles. The van der Waals surface area contributed by atoms with Gasteiger partial charge in [0.2, 0.25) is 0 Å². The smallest absolute Gasteiger partial charge is 0.253 e. The van der Waals surface area contributed by atoms with Gasteiger partial charge in [-0.3, -0.25) is 4.79 Å². The van der Waals surface area contributed by atoms with Crippen molar-refractivity contribution in [3.8, 4) is 5.75 Å². The first-order valence-corrected chi connectivity index (χ1v) is 6.36. The molecule has 0 saturated carbocycles. The van der Waals surface area contributed by atoms with Gasteiger partial charge in [-0.05, 0) is 31.2 Å². The van der Waals surface area contributed by atoms with E-state index in [1.54, 1.807) is 25.3 Å². The summed E-state index contributed by atoms with van der Waals surface area (Å²) in [7, 11) is 3.53. The molecule has 20 heavy (non-hydrogen) atoms.